The molecule has 1 heterocycles. The van der Waals surface area contributed by atoms with E-state index in [2.05, 4.69) is 25.9 Å². The van der Waals surface area contributed by atoms with E-state index in [1.54, 1.807) is 6.92 Å². The normalized spacial score (nSPS) is 11.1. The van der Waals surface area contributed by atoms with Crippen LogP contribution >= 0.6 is 0 Å². The van der Waals surface area contributed by atoms with Crippen LogP contribution in [-0.2, 0) is 6.54 Å². The predicted molar refractivity (Wildman–Crippen MR) is 81.5 cm³/mol. The van der Waals surface area contributed by atoms with Crippen molar-refractivity contribution in [2.45, 2.75) is 48.1 Å². The first-order valence-electron chi connectivity index (χ1n) is 6.85. The molecule has 19 heavy (non-hydrogen) atoms. The molecule has 0 bridgehead atoms. The fraction of sp³-hybridized carbons (Fsp3) is 0.500. The smallest absolute Gasteiger partial charge is 0.210 e. The molecule has 0 N–H and O–H groups in total. The zero-order valence-corrected chi connectivity index (χ0v) is 12.8. The number of aromatic nitrogens is 2. The second kappa shape index (κ2) is 6.00. The highest BCUT2D eigenvalue weighted by atomic mass is 16.1. The summed E-state index contributed by atoms with van der Waals surface area (Å²) in [6.07, 6.45) is 0. The highest BCUT2D eigenvalue weighted by Crippen LogP contribution is 2.18. The van der Waals surface area contributed by atoms with Crippen molar-refractivity contribution in [3.8, 4) is 0 Å². The van der Waals surface area contributed by atoms with Crippen molar-refractivity contribution in [3.05, 3.63) is 40.2 Å². The van der Waals surface area contributed by atoms with Crippen molar-refractivity contribution in [1.82, 2.24) is 9.78 Å². The average molecular weight is 260 g/mol. The molecule has 0 radical (unpaired) electrons. The highest BCUT2D eigenvalue weighted by molar-refractivity contribution is 5.78. The van der Waals surface area contributed by atoms with Crippen LogP contribution in [0.2, 0.25) is 0 Å². The van der Waals surface area contributed by atoms with E-state index in [0.717, 1.165) is 17.4 Å². The van der Waals surface area contributed by atoms with Gasteiger partial charge in [-0.3, -0.25) is 9.48 Å². The predicted octanol–water partition coefficient (Wildman–Crippen LogP) is 3.78. The SMILES string of the molecule is CC.Cc1nn(CC(C)(C)C)c2ccccc2c1=O. The maximum atomic E-state index is 12.0. The Labute approximate surface area is 115 Å². The van der Waals surface area contributed by atoms with Gasteiger partial charge in [-0.2, -0.15) is 5.10 Å². The summed E-state index contributed by atoms with van der Waals surface area (Å²) in [5, 5.41) is 5.14. The summed E-state index contributed by atoms with van der Waals surface area (Å²) in [5.41, 5.74) is 1.65. The third-order valence-corrected chi connectivity index (χ3v) is 2.65. The van der Waals surface area contributed by atoms with E-state index in [4.69, 9.17) is 0 Å². The minimum absolute atomic E-state index is 0.0331. The van der Waals surface area contributed by atoms with E-state index in [1.807, 2.05) is 42.8 Å². The summed E-state index contributed by atoms with van der Waals surface area (Å²) in [6.45, 7) is 13.1. The molecule has 0 aliphatic rings. The average Bonchev–Trinajstić information content (AvgIpc) is 2.36. The van der Waals surface area contributed by atoms with Gasteiger partial charge in [0.05, 0.1) is 5.52 Å². The standard InChI is InChI=1S/C14H18N2O.C2H6/c1-10-13(17)11-7-5-6-8-12(11)16(15-10)9-14(2,3)4;1-2/h5-8H,9H2,1-4H3;1-2H3. The number of hydrogen-bond donors (Lipinski definition) is 0. The van der Waals surface area contributed by atoms with Crippen molar-refractivity contribution < 1.29 is 0 Å². The fourth-order valence-corrected chi connectivity index (χ4v) is 1.94. The topological polar surface area (TPSA) is 34.9 Å². The van der Waals surface area contributed by atoms with Gasteiger partial charge in [-0.15, -0.1) is 0 Å². The zero-order valence-electron chi connectivity index (χ0n) is 12.8. The van der Waals surface area contributed by atoms with Crippen molar-refractivity contribution in [2.24, 2.45) is 5.41 Å². The van der Waals surface area contributed by atoms with Crippen LogP contribution in [0.3, 0.4) is 0 Å². The van der Waals surface area contributed by atoms with Gasteiger partial charge in [0.2, 0.25) is 5.43 Å². The van der Waals surface area contributed by atoms with Gasteiger partial charge in [0.1, 0.15) is 5.69 Å². The van der Waals surface area contributed by atoms with Gasteiger partial charge in [0.15, 0.2) is 0 Å². The molecule has 2 aromatic rings. The Morgan fingerprint density at radius 2 is 1.74 bits per heavy atom. The minimum Gasteiger partial charge on any atom is -0.287 e. The molecule has 0 atom stereocenters. The van der Waals surface area contributed by atoms with Gasteiger partial charge >= 0.3 is 0 Å². The molecule has 3 nitrogen and oxygen atoms in total. The van der Waals surface area contributed by atoms with Gasteiger partial charge in [-0.05, 0) is 24.5 Å². The number of para-hydroxylation sites is 1. The Bertz CT molecular complexity index is 606. The molecule has 0 amide bonds. The van der Waals surface area contributed by atoms with Crippen molar-refractivity contribution in [2.75, 3.05) is 0 Å². The summed E-state index contributed by atoms with van der Waals surface area (Å²) in [6, 6.07) is 7.66. The van der Waals surface area contributed by atoms with E-state index in [9.17, 15) is 4.79 Å². The molecule has 0 unspecified atom stereocenters. The van der Waals surface area contributed by atoms with Crippen LogP contribution in [-0.4, -0.2) is 9.78 Å². The first-order chi connectivity index (χ1) is 8.88. The largest absolute Gasteiger partial charge is 0.287 e. The third kappa shape index (κ3) is 3.66. The Balaban J connectivity index is 0.000000861. The summed E-state index contributed by atoms with van der Waals surface area (Å²) in [7, 11) is 0. The summed E-state index contributed by atoms with van der Waals surface area (Å²) < 4.78 is 1.94. The van der Waals surface area contributed by atoms with E-state index in [-0.39, 0.29) is 10.8 Å². The molecule has 0 saturated heterocycles. The van der Waals surface area contributed by atoms with Crippen LogP contribution in [0.1, 0.15) is 40.3 Å². The third-order valence-electron chi connectivity index (χ3n) is 2.65. The molecule has 0 aliphatic carbocycles. The fourth-order valence-electron chi connectivity index (χ4n) is 1.94. The summed E-state index contributed by atoms with van der Waals surface area (Å²) in [4.78, 5) is 12.0. The lowest BCUT2D eigenvalue weighted by Gasteiger charge is -2.21. The van der Waals surface area contributed by atoms with Gasteiger partial charge in [0, 0.05) is 11.9 Å². The number of aryl methyl sites for hydroxylation is 1. The van der Waals surface area contributed by atoms with E-state index in [1.165, 1.54) is 0 Å². The number of nitrogens with zero attached hydrogens (tertiary/aromatic N) is 2. The number of rotatable bonds is 1. The lowest BCUT2D eigenvalue weighted by atomic mass is 9.97. The van der Waals surface area contributed by atoms with E-state index >= 15 is 0 Å². The molecule has 0 spiro atoms. The second-order valence-corrected chi connectivity index (χ2v) is 5.65. The van der Waals surface area contributed by atoms with Gasteiger partial charge in [-0.25, -0.2) is 0 Å². The number of fused-ring (bicyclic) bond motifs is 1. The second-order valence-electron chi connectivity index (χ2n) is 5.65. The number of benzene rings is 1. The Hall–Kier alpha value is -1.64. The maximum Gasteiger partial charge on any atom is 0.210 e. The molecule has 2 rings (SSSR count). The monoisotopic (exact) mass is 260 g/mol. The molecular formula is C16H24N2O. The van der Waals surface area contributed by atoms with Gasteiger partial charge < -0.3 is 0 Å². The maximum absolute atomic E-state index is 12.0. The minimum atomic E-state index is 0.0331. The Morgan fingerprint density at radius 1 is 1.16 bits per heavy atom. The lowest BCUT2D eigenvalue weighted by molar-refractivity contribution is 0.328. The van der Waals surface area contributed by atoms with E-state index < -0.39 is 0 Å². The number of hydrogen-bond acceptors (Lipinski definition) is 2. The molecule has 1 aromatic heterocycles. The van der Waals surface area contributed by atoms with Crippen molar-refractivity contribution in [1.29, 1.82) is 0 Å². The van der Waals surface area contributed by atoms with Crippen LogP contribution < -0.4 is 5.43 Å². The first-order valence-corrected chi connectivity index (χ1v) is 6.85. The molecule has 0 saturated carbocycles. The van der Waals surface area contributed by atoms with E-state index in [0.29, 0.717) is 5.69 Å². The summed E-state index contributed by atoms with van der Waals surface area (Å²) >= 11 is 0. The van der Waals surface area contributed by atoms with Crippen LogP contribution in [0.25, 0.3) is 10.9 Å². The van der Waals surface area contributed by atoms with Gasteiger partial charge in [0.25, 0.3) is 0 Å². The lowest BCUT2D eigenvalue weighted by Crippen LogP contribution is -2.22. The molecule has 0 fully saturated rings. The Morgan fingerprint density at radius 3 is 2.32 bits per heavy atom. The van der Waals surface area contributed by atoms with Gasteiger partial charge in [-0.1, -0.05) is 46.8 Å². The van der Waals surface area contributed by atoms with Crippen molar-refractivity contribution in [3.63, 3.8) is 0 Å². The first kappa shape index (κ1) is 15.4. The van der Waals surface area contributed by atoms with Crippen molar-refractivity contribution >= 4 is 10.9 Å². The summed E-state index contributed by atoms with van der Waals surface area (Å²) in [5.74, 6) is 0. The van der Waals surface area contributed by atoms with Crippen LogP contribution in [0.15, 0.2) is 29.1 Å². The van der Waals surface area contributed by atoms with Crippen LogP contribution in [0, 0.1) is 12.3 Å². The molecule has 1 aromatic carbocycles. The van der Waals surface area contributed by atoms with Crippen LogP contribution in [0.5, 0.6) is 0 Å². The highest BCUT2D eigenvalue weighted by Gasteiger charge is 2.14. The molecule has 0 aliphatic heterocycles. The van der Waals surface area contributed by atoms with Crippen LogP contribution in [0.4, 0.5) is 0 Å². The zero-order chi connectivity index (χ0) is 14.6. The Kier molecular flexibility index (Phi) is 4.87. The molecular weight excluding hydrogens is 236 g/mol. The molecule has 104 valence electrons. The molecule has 3 heteroatoms. The quantitative estimate of drug-likeness (QED) is 0.782.